The van der Waals surface area contributed by atoms with Crippen molar-refractivity contribution in [3.63, 3.8) is 0 Å². The number of para-hydroxylation sites is 1. The lowest BCUT2D eigenvalue weighted by Gasteiger charge is -2.26. The van der Waals surface area contributed by atoms with E-state index in [1.807, 2.05) is 11.3 Å². The molecule has 0 radical (unpaired) electrons. The van der Waals surface area contributed by atoms with E-state index in [0.29, 0.717) is 0 Å². The number of hydrogen-bond donors (Lipinski definition) is 0. The Kier molecular flexibility index (Phi) is 7.44. The molecule has 2 nitrogen and oxygen atoms in total. The van der Waals surface area contributed by atoms with Gasteiger partial charge in [-0.25, -0.2) is 4.98 Å². The molecule has 0 saturated heterocycles. The van der Waals surface area contributed by atoms with Gasteiger partial charge in [0.15, 0.2) is 0 Å². The Morgan fingerprint density at radius 1 is 0.389 bits per heavy atom. The van der Waals surface area contributed by atoms with Crippen molar-refractivity contribution in [2.75, 3.05) is 4.90 Å². The molecule has 254 valence electrons. The summed E-state index contributed by atoms with van der Waals surface area (Å²) in [6.45, 7) is 0. The smallest absolute Gasteiger partial charge is 0.124 e. The Morgan fingerprint density at radius 3 is 1.91 bits per heavy atom. The average Bonchev–Trinajstić information content (AvgIpc) is 3.96. The van der Waals surface area contributed by atoms with Crippen LogP contribution in [0.1, 0.15) is 0 Å². The summed E-state index contributed by atoms with van der Waals surface area (Å²) < 4.78 is 3.86. The topological polar surface area (TPSA) is 16.1 Å². The van der Waals surface area contributed by atoms with E-state index >= 15 is 0 Å². The third-order valence-electron chi connectivity index (χ3n) is 10.3. The van der Waals surface area contributed by atoms with E-state index in [9.17, 15) is 0 Å². The number of rotatable bonds is 6. The zero-order valence-electron chi connectivity index (χ0n) is 28.9. The van der Waals surface area contributed by atoms with Gasteiger partial charge in [-0.05, 0) is 141 Å². The predicted molar refractivity (Wildman–Crippen MR) is 236 cm³/mol. The van der Waals surface area contributed by atoms with Crippen LogP contribution in [0, 0.1) is 0 Å². The maximum Gasteiger partial charge on any atom is 0.124 e. The second-order valence-corrected chi connectivity index (χ2v) is 16.7. The van der Waals surface area contributed by atoms with Crippen molar-refractivity contribution in [3.05, 3.63) is 181 Å². The molecule has 5 heteroatoms. The lowest BCUT2D eigenvalue weighted by Crippen LogP contribution is -2.09. The molecule has 7 aromatic carbocycles. The Morgan fingerprint density at radius 2 is 1.07 bits per heavy atom. The van der Waals surface area contributed by atoms with Crippen LogP contribution in [-0.4, -0.2) is 4.98 Å². The van der Waals surface area contributed by atoms with Gasteiger partial charge in [0.2, 0.25) is 0 Å². The number of thiophene rings is 1. The molecule has 11 rings (SSSR count). The van der Waals surface area contributed by atoms with Crippen LogP contribution >= 0.6 is 34.0 Å². The van der Waals surface area contributed by atoms with Crippen molar-refractivity contribution < 1.29 is 0 Å². The number of hydrogen-bond acceptors (Lipinski definition) is 5. The van der Waals surface area contributed by atoms with Crippen LogP contribution in [-0.2, 0) is 0 Å². The van der Waals surface area contributed by atoms with E-state index < -0.39 is 0 Å². The molecule has 0 bridgehead atoms. The standard InChI is InChI=1S/C49H30N2S3/c1-3-9-45-42(7-1)43-29-35(18-24-46(43)53-45)34-12-11-31-15-23-41(28-37(31)26-34)51(39-19-13-32(14-20-39)38-27-36-6-5-25-52-48(36)30-38)40-21-16-33(17-22-40)49-50-44-8-2-4-10-47(44)54-49/h1-30H. The quantitative estimate of drug-likeness (QED) is 0.169. The van der Waals surface area contributed by atoms with Crippen LogP contribution in [0.25, 0.3) is 84.4 Å². The summed E-state index contributed by atoms with van der Waals surface area (Å²) in [6.07, 6.45) is 0. The molecular weight excluding hydrogens is 713 g/mol. The monoisotopic (exact) mass is 742 g/mol. The van der Waals surface area contributed by atoms with Crippen molar-refractivity contribution in [2.45, 2.75) is 0 Å². The van der Waals surface area contributed by atoms with Crippen molar-refractivity contribution in [3.8, 4) is 43.3 Å². The van der Waals surface area contributed by atoms with Gasteiger partial charge in [-0.2, -0.15) is 0 Å². The van der Waals surface area contributed by atoms with Crippen LogP contribution in [0.5, 0.6) is 0 Å². The molecule has 0 atom stereocenters. The van der Waals surface area contributed by atoms with Crippen molar-refractivity contribution in [2.24, 2.45) is 0 Å². The Labute approximate surface area is 324 Å². The lowest BCUT2D eigenvalue weighted by molar-refractivity contribution is 1.29. The van der Waals surface area contributed by atoms with Gasteiger partial charge in [-0.15, -0.1) is 34.0 Å². The molecule has 2 aliphatic rings. The number of fused-ring (bicyclic) bond motifs is 6. The van der Waals surface area contributed by atoms with Gasteiger partial charge < -0.3 is 4.90 Å². The zero-order chi connectivity index (χ0) is 35.6. The zero-order valence-corrected chi connectivity index (χ0v) is 31.4. The average molecular weight is 743 g/mol. The minimum Gasteiger partial charge on any atom is -0.310 e. The maximum atomic E-state index is 4.93. The summed E-state index contributed by atoms with van der Waals surface area (Å²) in [7, 11) is 0. The van der Waals surface area contributed by atoms with Crippen LogP contribution in [0.2, 0.25) is 0 Å². The van der Waals surface area contributed by atoms with E-state index in [1.54, 1.807) is 22.7 Å². The highest BCUT2D eigenvalue weighted by atomic mass is 32.1. The third-order valence-corrected chi connectivity index (χ3v) is 13.5. The Bertz CT molecular complexity index is 3000. The Balaban J connectivity index is 1.00. The van der Waals surface area contributed by atoms with Gasteiger partial charge in [-0.1, -0.05) is 78.9 Å². The molecule has 0 saturated carbocycles. The molecule has 0 fully saturated rings. The molecular formula is C49H30N2S3. The lowest BCUT2D eigenvalue weighted by atomic mass is 9.99. The fraction of sp³-hybridized carbons (Fsp3) is 0. The van der Waals surface area contributed by atoms with Gasteiger partial charge in [0.25, 0.3) is 0 Å². The summed E-state index contributed by atoms with van der Waals surface area (Å²) in [4.78, 5) is 8.61. The van der Waals surface area contributed by atoms with E-state index in [1.165, 1.54) is 68.3 Å². The maximum absolute atomic E-state index is 4.93. The molecule has 3 heterocycles. The second kappa shape index (κ2) is 12.8. The first kappa shape index (κ1) is 31.4. The van der Waals surface area contributed by atoms with E-state index in [-0.39, 0.29) is 0 Å². The Hall–Kier alpha value is -6.11. The van der Waals surface area contributed by atoms with Gasteiger partial charge in [0.1, 0.15) is 5.01 Å². The van der Waals surface area contributed by atoms with Gasteiger partial charge in [0, 0.05) is 47.7 Å². The van der Waals surface area contributed by atoms with E-state index in [2.05, 4.69) is 186 Å². The summed E-state index contributed by atoms with van der Waals surface area (Å²) in [5.41, 5.74) is 11.7. The molecule has 1 aliphatic heterocycles. The second-order valence-electron chi connectivity index (χ2n) is 13.6. The predicted octanol–water partition coefficient (Wildman–Crippen LogP) is 15.5. The highest BCUT2D eigenvalue weighted by molar-refractivity contribution is 7.25. The number of aromatic nitrogens is 1. The first-order chi connectivity index (χ1) is 26.7. The van der Waals surface area contributed by atoms with Crippen LogP contribution in [0.3, 0.4) is 0 Å². The van der Waals surface area contributed by atoms with Gasteiger partial charge >= 0.3 is 0 Å². The number of thiazole rings is 1. The molecule has 9 aromatic rings. The molecule has 54 heavy (non-hydrogen) atoms. The van der Waals surface area contributed by atoms with E-state index in [0.717, 1.165) is 33.1 Å². The molecule has 2 aromatic heterocycles. The largest absolute Gasteiger partial charge is 0.310 e. The number of anilines is 3. The number of nitrogens with zero attached hydrogens (tertiary/aromatic N) is 2. The third kappa shape index (κ3) is 5.48. The fourth-order valence-corrected chi connectivity index (χ4v) is 10.4. The van der Waals surface area contributed by atoms with Crippen LogP contribution in [0.15, 0.2) is 181 Å². The normalized spacial score (nSPS) is 11.7. The molecule has 0 spiro atoms. The summed E-state index contributed by atoms with van der Waals surface area (Å²) in [5, 5.41) is 8.25. The first-order valence-corrected chi connectivity index (χ1v) is 20.5. The SMILES string of the molecule is c1csc2cc(-c3ccc(N(c4ccc(-c5nc6ccccc6s5)cc4)c4ccc5ccc(-c6ccc7sc8ccccc8c7c6)cc5c4)cc3)cc-2c1. The summed E-state index contributed by atoms with van der Waals surface area (Å²) >= 11 is 5.38. The van der Waals surface area contributed by atoms with E-state index in [4.69, 9.17) is 4.98 Å². The number of benzene rings is 7. The summed E-state index contributed by atoms with van der Waals surface area (Å²) in [5.74, 6) is 0. The van der Waals surface area contributed by atoms with Crippen molar-refractivity contribution in [1.29, 1.82) is 0 Å². The van der Waals surface area contributed by atoms with Crippen LogP contribution in [0.4, 0.5) is 17.1 Å². The van der Waals surface area contributed by atoms with Crippen LogP contribution < -0.4 is 4.90 Å². The molecule has 0 N–H and O–H groups in total. The first-order valence-electron chi connectivity index (χ1n) is 18.0. The summed E-state index contributed by atoms with van der Waals surface area (Å²) in [6, 6.07) is 64.4. The van der Waals surface area contributed by atoms with Crippen molar-refractivity contribution in [1.82, 2.24) is 4.98 Å². The molecule has 0 amide bonds. The minimum atomic E-state index is 1.04. The van der Waals surface area contributed by atoms with Crippen molar-refractivity contribution >= 4 is 92.2 Å². The fourth-order valence-electron chi connectivity index (χ4n) is 7.62. The minimum absolute atomic E-state index is 1.04. The van der Waals surface area contributed by atoms with Gasteiger partial charge in [0.05, 0.1) is 10.2 Å². The highest BCUT2D eigenvalue weighted by Crippen LogP contribution is 2.42. The van der Waals surface area contributed by atoms with Gasteiger partial charge in [-0.3, -0.25) is 0 Å². The highest BCUT2D eigenvalue weighted by Gasteiger charge is 2.16. The molecule has 1 aliphatic carbocycles. The molecule has 0 unspecified atom stereocenters.